The normalized spacial score (nSPS) is 12.2. The van der Waals surface area contributed by atoms with Crippen molar-refractivity contribution in [3.05, 3.63) is 58.6 Å². The summed E-state index contributed by atoms with van der Waals surface area (Å²) in [6.45, 7) is 0.129. The number of anilines is 1. The second-order valence-corrected chi connectivity index (χ2v) is 5.54. The number of ether oxygens (including phenoxy) is 3. The van der Waals surface area contributed by atoms with Crippen molar-refractivity contribution in [3.63, 3.8) is 0 Å². The standard InChI is InChI=1S/C18H14ClNO5/c1-23-18(22)12-3-5-13(6-4-12)20-16(21)7-2-11-8-14(19)17-15(9-11)24-10-25-17/h2-9H,10H2,1H3,(H,20,21)/b7-2+. The fourth-order valence-electron chi connectivity index (χ4n) is 2.25. The third-order valence-corrected chi connectivity index (χ3v) is 3.73. The Hall–Kier alpha value is -2.99. The molecule has 1 amide bonds. The monoisotopic (exact) mass is 359 g/mol. The zero-order chi connectivity index (χ0) is 17.8. The summed E-state index contributed by atoms with van der Waals surface area (Å²) in [5, 5.41) is 3.12. The number of rotatable bonds is 4. The molecule has 0 spiro atoms. The minimum absolute atomic E-state index is 0.129. The van der Waals surface area contributed by atoms with Crippen LogP contribution < -0.4 is 14.8 Å². The second-order valence-electron chi connectivity index (χ2n) is 5.13. The molecule has 0 saturated heterocycles. The maximum absolute atomic E-state index is 12.0. The highest BCUT2D eigenvalue weighted by atomic mass is 35.5. The minimum Gasteiger partial charge on any atom is -0.465 e. The highest BCUT2D eigenvalue weighted by Crippen LogP contribution is 2.40. The van der Waals surface area contributed by atoms with E-state index in [0.29, 0.717) is 33.3 Å². The molecule has 2 aromatic rings. The number of hydrogen-bond acceptors (Lipinski definition) is 5. The summed E-state index contributed by atoms with van der Waals surface area (Å²) >= 11 is 6.09. The van der Waals surface area contributed by atoms with Gasteiger partial charge in [0.2, 0.25) is 12.7 Å². The molecule has 2 aromatic carbocycles. The van der Waals surface area contributed by atoms with Crippen LogP contribution in [0.3, 0.4) is 0 Å². The fraction of sp³-hybridized carbons (Fsp3) is 0.111. The molecule has 0 radical (unpaired) electrons. The molecule has 0 aliphatic carbocycles. The first-order chi connectivity index (χ1) is 12.1. The zero-order valence-corrected chi connectivity index (χ0v) is 14.0. The van der Waals surface area contributed by atoms with Crippen LogP contribution in [0.5, 0.6) is 11.5 Å². The molecule has 1 N–H and O–H groups in total. The summed E-state index contributed by atoms with van der Waals surface area (Å²) in [4.78, 5) is 23.4. The van der Waals surface area contributed by atoms with Gasteiger partial charge in [-0.25, -0.2) is 4.79 Å². The van der Waals surface area contributed by atoms with Crippen LogP contribution in [0.1, 0.15) is 15.9 Å². The Kier molecular flexibility index (Phi) is 4.90. The molecular weight excluding hydrogens is 346 g/mol. The van der Waals surface area contributed by atoms with Crippen molar-refractivity contribution in [2.45, 2.75) is 0 Å². The average Bonchev–Trinajstić information content (AvgIpc) is 3.09. The number of methoxy groups -OCH3 is 1. The zero-order valence-electron chi connectivity index (χ0n) is 13.2. The van der Waals surface area contributed by atoms with Crippen molar-refractivity contribution in [3.8, 4) is 11.5 Å². The van der Waals surface area contributed by atoms with Crippen molar-refractivity contribution >= 4 is 35.2 Å². The summed E-state index contributed by atoms with van der Waals surface area (Å²) in [5.41, 5.74) is 1.68. The molecule has 3 rings (SSSR count). The maximum atomic E-state index is 12.0. The summed E-state index contributed by atoms with van der Waals surface area (Å²) in [6.07, 6.45) is 2.99. The van der Waals surface area contributed by atoms with E-state index in [9.17, 15) is 9.59 Å². The molecule has 6 nitrogen and oxygen atoms in total. The number of benzene rings is 2. The van der Waals surface area contributed by atoms with Crippen molar-refractivity contribution in [2.75, 3.05) is 19.2 Å². The summed E-state index contributed by atoms with van der Waals surface area (Å²) < 4.78 is 15.1. The summed E-state index contributed by atoms with van der Waals surface area (Å²) in [7, 11) is 1.31. The van der Waals surface area contributed by atoms with E-state index in [1.165, 1.54) is 13.2 Å². The Bertz CT molecular complexity index is 845. The van der Waals surface area contributed by atoms with Gasteiger partial charge in [-0.05, 0) is 48.0 Å². The van der Waals surface area contributed by atoms with E-state index in [4.69, 9.17) is 21.1 Å². The van der Waals surface area contributed by atoms with E-state index in [1.807, 2.05) is 0 Å². The van der Waals surface area contributed by atoms with Crippen LogP contribution in [-0.4, -0.2) is 25.8 Å². The van der Waals surface area contributed by atoms with Gasteiger partial charge in [0.25, 0.3) is 0 Å². The van der Waals surface area contributed by atoms with E-state index >= 15 is 0 Å². The van der Waals surface area contributed by atoms with Gasteiger partial charge in [0, 0.05) is 11.8 Å². The maximum Gasteiger partial charge on any atom is 0.337 e. The molecule has 0 saturated carbocycles. The lowest BCUT2D eigenvalue weighted by Crippen LogP contribution is -2.08. The Balaban J connectivity index is 1.65. The lowest BCUT2D eigenvalue weighted by molar-refractivity contribution is -0.111. The number of nitrogens with one attached hydrogen (secondary N) is 1. The number of amides is 1. The Morgan fingerprint density at radius 3 is 2.68 bits per heavy atom. The highest BCUT2D eigenvalue weighted by Gasteiger charge is 2.17. The van der Waals surface area contributed by atoms with Crippen LogP contribution in [0.4, 0.5) is 5.69 Å². The van der Waals surface area contributed by atoms with E-state index in [-0.39, 0.29) is 12.7 Å². The van der Waals surface area contributed by atoms with Crippen LogP contribution >= 0.6 is 11.6 Å². The van der Waals surface area contributed by atoms with Gasteiger partial charge in [0.05, 0.1) is 17.7 Å². The first-order valence-electron chi connectivity index (χ1n) is 7.33. The van der Waals surface area contributed by atoms with Gasteiger partial charge in [-0.1, -0.05) is 11.6 Å². The Labute approximate surface area is 148 Å². The number of halogens is 1. The van der Waals surface area contributed by atoms with E-state index < -0.39 is 5.97 Å². The number of esters is 1. The smallest absolute Gasteiger partial charge is 0.337 e. The molecule has 0 bridgehead atoms. The molecule has 1 aliphatic heterocycles. The fourth-order valence-corrected chi connectivity index (χ4v) is 2.52. The van der Waals surface area contributed by atoms with Gasteiger partial charge >= 0.3 is 5.97 Å². The lowest BCUT2D eigenvalue weighted by atomic mass is 10.2. The topological polar surface area (TPSA) is 73.9 Å². The first kappa shape index (κ1) is 16.9. The van der Waals surface area contributed by atoms with Gasteiger partial charge in [-0.3, -0.25) is 4.79 Å². The molecule has 0 atom stereocenters. The van der Waals surface area contributed by atoms with Crippen LogP contribution in [0.2, 0.25) is 5.02 Å². The Morgan fingerprint density at radius 2 is 1.96 bits per heavy atom. The van der Waals surface area contributed by atoms with Gasteiger partial charge < -0.3 is 19.5 Å². The number of hydrogen-bond donors (Lipinski definition) is 1. The molecule has 1 aliphatic rings. The van der Waals surface area contributed by atoms with Crippen molar-refractivity contribution < 1.29 is 23.8 Å². The van der Waals surface area contributed by atoms with Crippen LogP contribution in [-0.2, 0) is 9.53 Å². The van der Waals surface area contributed by atoms with E-state index in [1.54, 1.807) is 42.5 Å². The molecule has 25 heavy (non-hydrogen) atoms. The molecule has 0 unspecified atom stereocenters. The van der Waals surface area contributed by atoms with Crippen LogP contribution in [0, 0.1) is 0 Å². The number of fused-ring (bicyclic) bond motifs is 1. The van der Waals surface area contributed by atoms with Crippen LogP contribution in [0.25, 0.3) is 6.08 Å². The average molecular weight is 360 g/mol. The summed E-state index contributed by atoms with van der Waals surface area (Å²) in [6, 6.07) is 9.81. The van der Waals surface area contributed by atoms with Gasteiger partial charge in [0.1, 0.15) is 0 Å². The van der Waals surface area contributed by atoms with Crippen molar-refractivity contribution in [2.24, 2.45) is 0 Å². The van der Waals surface area contributed by atoms with Crippen molar-refractivity contribution in [1.82, 2.24) is 0 Å². The summed E-state index contributed by atoms with van der Waals surface area (Å²) in [5.74, 6) is 0.303. The molecule has 1 heterocycles. The molecule has 128 valence electrons. The predicted molar refractivity (Wildman–Crippen MR) is 93.0 cm³/mol. The van der Waals surface area contributed by atoms with Gasteiger partial charge in [-0.2, -0.15) is 0 Å². The van der Waals surface area contributed by atoms with Crippen LogP contribution in [0.15, 0.2) is 42.5 Å². The first-order valence-corrected chi connectivity index (χ1v) is 7.71. The molecule has 7 heteroatoms. The van der Waals surface area contributed by atoms with Crippen molar-refractivity contribution in [1.29, 1.82) is 0 Å². The predicted octanol–water partition coefficient (Wildman–Crippen LogP) is 3.51. The SMILES string of the molecule is COC(=O)c1ccc(NC(=O)/C=C/c2cc(Cl)c3c(c2)OCO3)cc1. The molecular formula is C18H14ClNO5. The molecule has 0 aromatic heterocycles. The minimum atomic E-state index is -0.433. The number of carbonyl (C=O) groups excluding carboxylic acids is 2. The van der Waals surface area contributed by atoms with Gasteiger partial charge in [-0.15, -0.1) is 0 Å². The number of carbonyl (C=O) groups is 2. The Morgan fingerprint density at radius 1 is 1.20 bits per heavy atom. The molecule has 0 fully saturated rings. The van der Waals surface area contributed by atoms with Gasteiger partial charge in [0.15, 0.2) is 11.5 Å². The third-order valence-electron chi connectivity index (χ3n) is 3.45. The highest BCUT2D eigenvalue weighted by molar-refractivity contribution is 6.32. The largest absolute Gasteiger partial charge is 0.465 e. The van der Waals surface area contributed by atoms with E-state index in [0.717, 1.165) is 0 Å². The van der Waals surface area contributed by atoms with E-state index in [2.05, 4.69) is 10.1 Å². The second kappa shape index (κ2) is 7.27. The lowest BCUT2D eigenvalue weighted by Gasteiger charge is -2.04. The third kappa shape index (κ3) is 3.92. The quantitative estimate of drug-likeness (QED) is 0.668.